The fraction of sp³-hybridized carbons (Fsp3) is 1.00. The second kappa shape index (κ2) is 1.64. The van der Waals surface area contributed by atoms with Gasteiger partial charge in [0.05, 0.1) is 0 Å². The van der Waals surface area contributed by atoms with Crippen molar-refractivity contribution in [2.75, 3.05) is 0 Å². The number of alkyl halides is 3. The molecule has 0 spiro atoms. The Kier molecular flexibility index (Phi) is 1.21. The second-order valence-corrected chi connectivity index (χ2v) is 2.19. The van der Waals surface area contributed by atoms with Gasteiger partial charge in [-0.1, -0.05) is 6.92 Å². The number of hydrogen-bond acceptors (Lipinski definition) is 0. The van der Waals surface area contributed by atoms with Gasteiger partial charge in [-0.3, -0.25) is 0 Å². The third-order valence-electron chi connectivity index (χ3n) is 1.61. The molecule has 0 saturated heterocycles. The molecule has 0 nitrogen and oxygen atoms in total. The molecule has 2 atom stereocenters. The molecule has 0 radical (unpaired) electrons. The third kappa shape index (κ3) is 0.533. The number of rotatable bonds is 0. The molecule has 0 bridgehead atoms. The van der Waals surface area contributed by atoms with Crippen LogP contribution in [-0.2, 0) is 0 Å². The Morgan fingerprint density at radius 2 is 1.25 bits per heavy atom. The summed E-state index contributed by atoms with van der Waals surface area (Å²) in [5.74, 6) is -0.731. The van der Waals surface area contributed by atoms with Gasteiger partial charge in [-0.15, -0.1) is 0 Å². The summed E-state index contributed by atoms with van der Waals surface area (Å²) in [6.07, 6.45) is -4.99. The first-order valence-electron chi connectivity index (χ1n) is 2.57. The highest BCUT2D eigenvalue weighted by Crippen LogP contribution is 2.35. The van der Waals surface area contributed by atoms with Gasteiger partial charge in [0, 0.05) is 5.92 Å². The normalized spacial score (nSPS) is 55.5. The first kappa shape index (κ1) is 5.92. The van der Waals surface area contributed by atoms with Gasteiger partial charge >= 0.3 is 0 Å². The standard InChI is InChI=1S/C5H7F3/c1-2-3(6)5(8)4(2)7/h2-5H,1H3. The van der Waals surface area contributed by atoms with Crippen molar-refractivity contribution < 1.29 is 13.2 Å². The molecule has 3 heteroatoms. The summed E-state index contributed by atoms with van der Waals surface area (Å²) in [7, 11) is 0. The van der Waals surface area contributed by atoms with Crippen molar-refractivity contribution in [3.63, 3.8) is 0 Å². The fourth-order valence-electron chi connectivity index (χ4n) is 0.786. The van der Waals surface area contributed by atoms with Crippen LogP contribution in [-0.4, -0.2) is 18.5 Å². The van der Waals surface area contributed by atoms with Gasteiger partial charge in [0.25, 0.3) is 0 Å². The van der Waals surface area contributed by atoms with Gasteiger partial charge in [0.2, 0.25) is 0 Å². The lowest BCUT2D eigenvalue weighted by atomic mass is 9.81. The highest BCUT2D eigenvalue weighted by molar-refractivity contribution is 4.96. The average molecular weight is 124 g/mol. The molecule has 0 N–H and O–H groups in total. The summed E-state index contributed by atoms with van der Waals surface area (Å²) in [4.78, 5) is 0. The van der Waals surface area contributed by atoms with Crippen LogP contribution < -0.4 is 0 Å². The SMILES string of the molecule is CC1C(F)C(F)C1F. The third-order valence-corrected chi connectivity index (χ3v) is 1.61. The Morgan fingerprint density at radius 3 is 1.38 bits per heavy atom. The molecule has 1 saturated carbocycles. The molecule has 8 heavy (non-hydrogen) atoms. The lowest BCUT2D eigenvalue weighted by Gasteiger charge is -2.35. The van der Waals surface area contributed by atoms with E-state index in [1.165, 1.54) is 6.92 Å². The Hall–Kier alpha value is -0.210. The summed E-state index contributed by atoms with van der Waals surface area (Å²) in [5.41, 5.74) is 0. The fourth-order valence-corrected chi connectivity index (χ4v) is 0.786. The number of hydrogen-bond donors (Lipinski definition) is 0. The van der Waals surface area contributed by atoms with Gasteiger partial charge in [-0.2, -0.15) is 0 Å². The van der Waals surface area contributed by atoms with Gasteiger partial charge in [0.15, 0.2) is 6.17 Å². The van der Waals surface area contributed by atoms with E-state index in [1.807, 2.05) is 0 Å². The average Bonchev–Trinajstić information content (AvgIpc) is 1.83. The predicted molar refractivity (Wildman–Crippen MR) is 23.9 cm³/mol. The maximum Gasteiger partial charge on any atom is 0.163 e. The van der Waals surface area contributed by atoms with Crippen molar-refractivity contribution in [2.45, 2.75) is 25.4 Å². The predicted octanol–water partition coefficient (Wildman–Crippen LogP) is 1.65. The van der Waals surface area contributed by atoms with Crippen LogP contribution >= 0.6 is 0 Å². The van der Waals surface area contributed by atoms with Crippen LogP contribution in [0.15, 0.2) is 0 Å². The van der Waals surface area contributed by atoms with Crippen LogP contribution in [0.25, 0.3) is 0 Å². The summed E-state index contributed by atoms with van der Waals surface area (Å²) < 4.78 is 35.7. The van der Waals surface area contributed by atoms with Crippen molar-refractivity contribution in [1.29, 1.82) is 0 Å². The van der Waals surface area contributed by atoms with Crippen molar-refractivity contribution in [3.05, 3.63) is 0 Å². The maximum absolute atomic E-state index is 11.9. The van der Waals surface area contributed by atoms with E-state index in [0.717, 1.165) is 0 Å². The Morgan fingerprint density at radius 1 is 0.875 bits per heavy atom. The minimum absolute atomic E-state index is 0.731. The van der Waals surface area contributed by atoms with E-state index < -0.39 is 24.4 Å². The zero-order valence-electron chi connectivity index (χ0n) is 4.44. The molecule has 0 amide bonds. The Labute approximate surface area is 45.7 Å². The molecule has 2 unspecified atom stereocenters. The largest absolute Gasteiger partial charge is 0.244 e. The van der Waals surface area contributed by atoms with Crippen molar-refractivity contribution in [2.24, 2.45) is 5.92 Å². The zero-order chi connectivity index (χ0) is 6.31. The smallest absolute Gasteiger partial charge is 0.163 e. The van der Waals surface area contributed by atoms with E-state index in [1.54, 1.807) is 0 Å². The first-order chi connectivity index (χ1) is 3.64. The van der Waals surface area contributed by atoms with Gasteiger partial charge < -0.3 is 0 Å². The highest BCUT2D eigenvalue weighted by Gasteiger charge is 2.49. The minimum atomic E-state index is -1.86. The zero-order valence-corrected chi connectivity index (χ0v) is 4.44. The molecule has 1 aliphatic carbocycles. The summed E-state index contributed by atoms with van der Waals surface area (Å²) in [5, 5.41) is 0. The summed E-state index contributed by atoms with van der Waals surface area (Å²) >= 11 is 0. The summed E-state index contributed by atoms with van der Waals surface area (Å²) in [6.45, 7) is 1.37. The van der Waals surface area contributed by atoms with Crippen molar-refractivity contribution in [1.82, 2.24) is 0 Å². The van der Waals surface area contributed by atoms with E-state index in [4.69, 9.17) is 0 Å². The van der Waals surface area contributed by atoms with Crippen LogP contribution in [0.2, 0.25) is 0 Å². The van der Waals surface area contributed by atoms with Crippen molar-refractivity contribution in [3.8, 4) is 0 Å². The van der Waals surface area contributed by atoms with Gasteiger partial charge in [-0.05, 0) is 0 Å². The van der Waals surface area contributed by atoms with Gasteiger partial charge in [-0.25, -0.2) is 13.2 Å². The molecule has 48 valence electrons. The molecule has 1 rings (SSSR count). The van der Waals surface area contributed by atoms with E-state index in [2.05, 4.69) is 0 Å². The monoisotopic (exact) mass is 124 g/mol. The molecule has 0 aromatic heterocycles. The first-order valence-corrected chi connectivity index (χ1v) is 2.57. The maximum atomic E-state index is 11.9. The topological polar surface area (TPSA) is 0 Å². The highest BCUT2D eigenvalue weighted by atomic mass is 19.2. The summed E-state index contributed by atoms with van der Waals surface area (Å²) in [6, 6.07) is 0. The lowest BCUT2D eigenvalue weighted by Crippen LogP contribution is -2.51. The molecule has 1 aliphatic rings. The minimum Gasteiger partial charge on any atom is -0.244 e. The van der Waals surface area contributed by atoms with Crippen LogP contribution in [0.5, 0.6) is 0 Å². The van der Waals surface area contributed by atoms with E-state index in [9.17, 15) is 13.2 Å². The van der Waals surface area contributed by atoms with Crippen LogP contribution in [0.4, 0.5) is 13.2 Å². The quantitative estimate of drug-likeness (QED) is 0.460. The molecule has 1 fully saturated rings. The van der Waals surface area contributed by atoms with E-state index in [0.29, 0.717) is 0 Å². The van der Waals surface area contributed by atoms with Crippen molar-refractivity contribution >= 4 is 0 Å². The molecule has 0 aromatic carbocycles. The molecule has 0 aromatic rings. The Balaban J connectivity index is 2.42. The molecular formula is C5H7F3. The lowest BCUT2D eigenvalue weighted by molar-refractivity contribution is -0.0746. The van der Waals surface area contributed by atoms with Crippen LogP contribution in [0.3, 0.4) is 0 Å². The van der Waals surface area contributed by atoms with Crippen LogP contribution in [0.1, 0.15) is 6.92 Å². The number of halogens is 3. The van der Waals surface area contributed by atoms with E-state index in [-0.39, 0.29) is 0 Å². The van der Waals surface area contributed by atoms with Gasteiger partial charge in [0.1, 0.15) is 12.3 Å². The van der Waals surface area contributed by atoms with Crippen LogP contribution in [0, 0.1) is 5.92 Å². The molecule has 0 aliphatic heterocycles. The Bertz CT molecular complexity index is 61.7. The van der Waals surface area contributed by atoms with E-state index >= 15 is 0 Å². The second-order valence-electron chi connectivity index (χ2n) is 2.19. The molecule has 0 heterocycles. The molecular weight excluding hydrogens is 117 g/mol.